The zero-order valence-electron chi connectivity index (χ0n) is 13.8. The Morgan fingerprint density at radius 3 is 2.50 bits per heavy atom. The van der Waals surface area contributed by atoms with Crippen molar-refractivity contribution in [2.45, 2.75) is 25.4 Å². The Morgan fingerprint density at radius 2 is 1.83 bits per heavy atom. The molecule has 1 amide bonds. The van der Waals surface area contributed by atoms with E-state index in [4.69, 9.17) is 4.74 Å². The summed E-state index contributed by atoms with van der Waals surface area (Å²) in [5.74, 6) is 0.800. The molecule has 0 radical (unpaired) electrons. The normalized spacial score (nSPS) is 20.2. The van der Waals surface area contributed by atoms with Gasteiger partial charge in [-0.15, -0.1) is 0 Å². The third kappa shape index (κ3) is 3.18. The van der Waals surface area contributed by atoms with Gasteiger partial charge in [0, 0.05) is 6.54 Å². The lowest BCUT2D eigenvalue weighted by atomic mass is 9.81. The number of ether oxygens (including phenoxy) is 1. The second-order valence-corrected chi connectivity index (χ2v) is 6.30. The third-order valence-corrected chi connectivity index (χ3v) is 4.68. The molecule has 1 aliphatic rings. The van der Waals surface area contributed by atoms with Crippen LogP contribution in [-0.4, -0.2) is 30.2 Å². The SMILES string of the molecule is CC1(c2ccc(OCc3ccccc3)cc2)CCN(CC=O)C1=O. The van der Waals surface area contributed by atoms with Gasteiger partial charge in [0.2, 0.25) is 5.91 Å². The molecule has 0 bridgehead atoms. The van der Waals surface area contributed by atoms with Crippen molar-refractivity contribution in [3.8, 4) is 5.75 Å². The second-order valence-electron chi connectivity index (χ2n) is 6.30. The molecular formula is C20H21NO3. The predicted molar refractivity (Wildman–Crippen MR) is 91.8 cm³/mol. The molecule has 2 aromatic rings. The molecular weight excluding hydrogens is 302 g/mol. The zero-order valence-corrected chi connectivity index (χ0v) is 13.8. The first-order chi connectivity index (χ1) is 11.6. The highest BCUT2D eigenvalue weighted by atomic mass is 16.5. The van der Waals surface area contributed by atoms with Crippen LogP contribution in [0.5, 0.6) is 5.75 Å². The Morgan fingerprint density at radius 1 is 1.12 bits per heavy atom. The van der Waals surface area contributed by atoms with Crippen LogP contribution >= 0.6 is 0 Å². The van der Waals surface area contributed by atoms with E-state index in [-0.39, 0.29) is 12.5 Å². The van der Waals surface area contributed by atoms with E-state index < -0.39 is 5.41 Å². The van der Waals surface area contributed by atoms with Gasteiger partial charge in [0.25, 0.3) is 0 Å². The van der Waals surface area contributed by atoms with Crippen LogP contribution in [-0.2, 0) is 21.6 Å². The van der Waals surface area contributed by atoms with Gasteiger partial charge in [-0.2, -0.15) is 0 Å². The van der Waals surface area contributed by atoms with Gasteiger partial charge in [0.05, 0.1) is 12.0 Å². The number of aldehydes is 1. The highest BCUT2D eigenvalue weighted by Gasteiger charge is 2.43. The Labute approximate surface area is 142 Å². The third-order valence-electron chi connectivity index (χ3n) is 4.68. The molecule has 3 rings (SSSR count). The van der Waals surface area contributed by atoms with Crippen LogP contribution in [0.1, 0.15) is 24.5 Å². The summed E-state index contributed by atoms with van der Waals surface area (Å²) < 4.78 is 5.79. The number of hydrogen-bond acceptors (Lipinski definition) is 3. The molecule has 4 heteroatoms. The number of benzene rings is 2. The smallest absolute Gasteiger partial charge is 0.233 e. The summed E-state index contributed by atoms with van der Waals surface area (Å²) in [7, 11) is 0. The summed E-state index contributed by atoms with van der Waals surface area (Å²) in [6.45, 7) is 3.26. The van der Waals surface area contributed by atoms with E-state index in [0.29, 0.717) is 13.2 Å². The molecule has 124 valence electrons. The van der Waals surface area contributed by atoms with Gasteiger partial charge in [0.15, 0.2) is 0 Å². The average Bonchev–Trinajstić information content (AvgIpc) is 2.91. The lowest BCUT2D eigenvalue weighted by Gasteiger charge is -2.23. The Balaban J connectivity index is 1.68. The number of rotatable bonds is 6. The highest BCUT2D eigenvalue weighted by molar-refractivity contribution is 5.91. The van der Waals surface area contributed by atoms with Gasteiger partial charge >= 0.3 is 0 Å². The number of nitrogens with zero attached hydrogens (tertiary/aromatic N) is 1. The molecule has 1 heterocycles. The summed E-state index contributed by atoms with van der Waals surface area (Å²) in [6.07, 6.45) is 1.51. The van der Waals surface area contributed by atoms with Gasteiger partial charge in [-0.1, -0.05) is 42.5 Å². The van der Waals surface area contributed by atoms with Gasteiger partial charge in [-0.25, -0.2) is 0 Å². The topological polar surface area (TPSA) is 46.6 Å². The maximum absolute atomic E-state index is 12.5. The van der Waals surface area contributed by atoms with Crippen molar-refractivity contribution >= 4 is 12.2 Å². The van der Waals surface area contributed by atoms with Crippen molar-refractivity contribution in [3.05, 3.63) is 65.7 Å². The zero-order chi connectivity index (χ0) is 17.0. The number of carbonyl (C=O) groups is 2. The maximum atomic E-state index is 12.5. The van der Waals surface area contributed by atoms with E-state index in [1.54, 1.807) is 4.90 Å². The lowest BCUT2D eigenvalue weighted by molar-refractivity contribution is -0.133. The molecule has 0 aliphatic carbocycles. The Bertz CT molecular complexity index is 711. The number of amides is 1. The number of likely N-dealkylation sites (tertiary alicyclic amines) is 1. The highest BCUT2D eigenvalue weighted by Crippen LogP contribution is 2.36. The van der Waals surface area contributed by atoms with E-state index >= 15 is 0 Å². The molecule has 1 unspecified atom stereocenters. The van der Waals surface area contributed by atoms with Crippen LogP contribution in [0, 0.1) is 0 Å². The fourth-order valence-corrected chi connectivity index (χ4v) is 3.11. The number of hydrogen-bond donors (Lipinski definition) is 0. The fraction of sp³-hybridized carbons (Fsp3) is 0.300. The fourth-order valence-electron chi connectivity index (χ4n) is 3.11. The second kappa shape index (κ2) is 6.87. The summed E-state index contributed by atoms with van der Waals surface area (Å²) in [6, 6.07) is 17.7. The Kier molecular flexibility index (Phi) is 4.65. The van der Waals surface area contributed by atoms with Gasteiger partial charge in [0.1, 0.15) is 18.6 Å². The minimum Gasteiger partial charge on any atom is -0.489 e. The summed E-state index contributed by atoms with van der Waals surface area (Å²) in [5, 5.41) is 0. The predicted octanol–water partition coefficient (Wildman–Crippen LogP) is 2.95. The average molecular weight is 323 g/mol. The molecule has 1 atom stereocenters. The molecule has 1 fully saturated rings. The monoisotopic (exact) mass is 323 g/mol. The standard InChI is InChI=1S/C20H21NO3/c1-20(11-12-21(13-14-22)19(20)23)17-7-9-18(10-8-17)24-15-16-5-3-2-4-6-16/h2-10,14H,11-13,15H2,1H3. The first kappa shape index (κ1) is 16.2. The van der Waals surface area contributed by atoms with Gasteiger partial charge in [-0.05, 0) is 36.6 Å². The van der Waals surface area contributed by atoms with Gasteiger partial charge < -0.3 is 14.4 Å². The van der Waals surface area contributed by atoms with Crippen molar-refractivity contribution in [1.82, 2.24) is 4.90 Å². The van der Waals surface area contributed by atoms with E-state index in [1.165, 1.54) is 0 Å². The summed E-state index contributed by atoms with van der Waals surface area (Å²) >= 11 is 0. The molecule has 4 nitrogen and oxygen atoms in total. The van der Waals surface area contributed by atoms with Crippen molar-refractivity contribution in [2.75, 3.05) is 13.1 Å². The first-order valence-corrected chi connectivity index (χ1v) is 8.14. The van der Waals surface area contributed by atoms with Crippen molar-refractivity contribution in [2.24, 2.45) is 0 Å². The summed E-state index contributed by atoms with van der Waals surface area (Å²) in [4.78, 5) is 24.8. The largest absolute Gasteiger partial charge is 0.489 e. The molecule has 1 aliphatic heterocycles. The van der Waals surface area contributed by atoms with Gasteiger partial charge in [-0.3, -0.25) is 4.79 Å². The van der Waals surface area contributed by atoms with Crippen molar-refractivity contribution in [3.63, 3.8) is 0 Å². The van der Waals surface area contributed by atoms with Crippen LogP contribution in [0.25, 0.3) is 0 Å². The minimum absolute atomic E-state index is 0.0209. The van der Waals surface area contributed by atoms with Crippen LogP contribution in [0.3, 0.4) is 0 Å². The molecule has 0 spiro atoms. The molecule has 1 saturated heterocycles. The van der Waals surface area contributed by atoms with Crippen LogP contribution in [0.2, 0.25) is 0 Å². The quantitative estimate of drug-likeness (QED) is 0.768. The van der Waals surface area contributed by atoms with E-state index in [9.17, 15) is 9.59 Å². The van der Waals surface area contributed by atoms with Crippen molar-refractivity contribution in [1.29, 1.82) is 0 Å². The van der Waals surface area contributed by atoms with Crippen LogP contribution < -0.4 is 4.74 Å². The lowest BCUT2D eigenvalue weighted by Crippen LogP contribution is -2.36. The van der Waals surface area contributed by atoms with E-state index in [1.807, 2.05) is 61.5 Å². The summed E-state index contributed by atoms with van der Waals surface area (Å²) in [5.41, 5.74) is 1.53. The molecule has 24 heavy (non-hydrogen) atoms. The minimum atomic E-state index is -0.555. The van der Waals surface area contributed by atoms with E-state index in [2.05, 4.69) is 0 Å². The van der Waals surface area contributed by atoms with Crippen LogP contribution in [0.4, 0.5) is 0 Å². The Hall–Kier alpha value is -2.62. The maximum Gasteiger partial charge on any atom is 0.233 e. The van der Waals surface area contributed by atoms with Crippen molar-refractivity contribution < 1.29 is 14.3 Å². The molecule has 0 N–H and O–H groups in total. The molecule has 0 saturated carbocycles. The van der Waals surface area contributed by atoms with Crippen LogP contribution in [0.15, 0.2) is 54.6 Å². The molecule has 0 aromatic heterocycles. The van der Waals surface area contributed by atoms with E-state index in [0.717, 1.165) is 29.6 Å². The first-order valence-electron chi connectivity index (χ1n) is 8.14. The molecule has 2 aromatic carbocycles. The number of carbonyl (C=O) groups excluding carboxylic acids is 2.